The fraction of sp³-hybridized carbons (Fsp3) is 0.379. The molecule has 0 radical (unpaired) electrons. The van der Waals surface area contributed by atoms with Crippen molar-refractivity contribution in [1.82, 2.24) is 4.57 Å². The standard InChI is InChI=1S/C29H30N2/c1-20-18-27-24(23-10-6-7-11-25(23)30(27)22-8-4-3-5-9-22)19-26(20)31-21(2)28-12-15-29(31,16-13-28)17-14-28/h3-11,18-19,21H,12-17H2,1-2H3. The first-order valence-electron chi connectivity index (χ1n) is 12.0. The van der Waals surface area contributed by atoms with Gasteiger partial charge in [-0.2, -0.15) is 0 Å². The summed E-state index contributed by atoms with van der Waals surface area (Å²) in [4.78, 5) is 2.88. The summed E-state index contributed by atoms with van der Waals surface area (Å²) in [6.45, 7) is 4.85. The van der Waals surface area contributed by atoms with Gasteiger partial charge in [0.1, 0.15) is 0 Å². The van der Waals surface area contributed by atoms with Crippen LogP contribution in [0.25, 0.3) is 27.5 Å². The minimum Gasteiger partial charge on any atom is -0.362 e. The number of rotatable bonds is 2. The Kier molecular flexibility index (Phi) is 3.43. The number of aromatic nitrogens is 1. The molecule has 2 heteroatoms. The predicted molar refractivity (Wildman–Crippen MR) is 130 cm³/mol. The number of anilines is 1. The maximum atomic E-state index is 2.88. The number of fused-ring (bicyclic) bond motifs is 3. The molecule has 31 heavy (non-hydrogen) atoms. The largest absolute Gasteiger partial charge is 0.362 e. The van der Waals surface area contributed by atoms with Crippen LogP contribution < -0.4 is 4.90 Å². The van der Waals surface area contributed by atoms with Gasteiger partial charge in [0.05, 0.1) is 11.0 Å². The highest BCUT2D eigenvalue weighted by Crippen LogP contribution is 2.64. The van der Waals surface area contributed by atoms with Crippen LogP contribution in [-0.2, 0) is 0 Å². The molecule has 3 aliphatic carbocycles. The first kappa shape index (κ1) is 17.9. The van der Waals surface area contributed by atoms with Crippen molar-refractivity contribution in [1.29, 1.82) is 0 Å². The summed E-state index contributed by atoms with van der Waals surface area (Å²) in [5.41, 5.74) is 7.72. The number of para-hydroxylation sites is 2. The fourth-order valence-corrected chi connectivity index (χ4v) is 7.55. The lowest BCUT2D eigenvalue weighted by Crippen LogP contribution is -2.71. The number of piperidine rings is 3. The van der Waals surface area contributed by atoms with Crippen LogP contribution in [0.3, 0.4) is 0 Å². The molecule has 3 aliphatic heterocycles. The minimum absolute atomic E-state index is 0.398. The maximum Gasteiger partial charge on any atom is 0.0545 e. The van der Waals surface area contributed by atoms with Gasteiger partial charge in [0.15, 0.2) is 0 Å². The van der Waals surface area contributed by atoms with Gasteiger partial charge in [0.2, 0.25) is 0 Å². The lowest BCUT2D eigenvalue weighted by molar-refractivity contribution is -0.0447. The van der Waals surface area contributed by atoms with Crippen molar-refractivity contribution in [3.05, 3.63) is 72.3 Å². The lowest BCUT2D eigenvalue weighted by atomic mass is 9.49. The minimum atomic E-state index is 0.398. The van der Waals surface area contributed by atoms with Crippen molar-refractivity contribution in [3.8, 4) is 5.69 Å². The highest BCUT2D eigenvalue weighted by atomic mass is 15.3. The second-order valence-corrected chi connectivity index (χ2v) is 10.5. The van der Waals surface area contributed by atoms with Gasteiger partial charge >= 0.3 is 0 Å². The van der Waals surface area contributed by atoms with E-state index in [1.54, 1.807) is 0 Å². The van der Waals surface area contributed by atoms with E-state index in [0.29, 0.717) is 17.0 Å². The van der Waals surface area contributed by atoms with Crippen LogP contribution in [0, 0.1) is 12.3 Å². The van der Waals surface area contributed by atoms with Crippen molar-refractivity contribution in [3.63, 3.8) is 0 Å². The molecule has 2 bridgehead atoms. The second kappa shape index (κ2) is 5.94. The van der Waals surface area contributed by atoms with E-state index < -0.39 is 0 Å². The Morgan fingerprint density at radius 3 is 2.13 bits per heavy atom. The van der Waals surface area contributed by atoms with Crippen molar-refractivity contribution in [2.45, 2.75) is 64.0 Å². The van der Waals surface area contributed by atoms with Gasteiger partial charge in [0.25, 0.3) is 0 Å². The Morgan fingerprint density at radius 1 is 0.742 bits per heavy atom. The topological polar surface area (TPSA) is 8.17 Å². The third-order valence-corrected chi connectivity index (χ3v) is 9.31. The summed E-state index contributed by atoms with van der Waals surface area (Å²) in [5.74, 6) is 0. The van der Waals surface area contributed by atoms with Gasteiger partial charge in [-0.05, 0) is 93.7 Å². The molecule has 0 N–H and O–H groups in total. The zero-order chi connectivity index (χ0) is 20.8. The van der Waals surface area contributed by atoms with E-state index >= 15 is 0 Å². The average Bonchev–Trinajstić information content (AvgIpc) is 3.13. The number of aryl methyl sites for hydroxylation is 1. The smallest absolute Gasteiger partial charge is 0.0545 e. The van der Waals surface area contributed by atoms with Gasteiger partial charge in [-0.1, -0.05) is 36.4 Å². The molecule has 2 nitrogen and oxygen atoms in total. The summed E-state index contributed by atoms with van der Waals surface area (Å²) >= 11 is 0. The molecule has 1 aromatic heterocycles. The van der Waals surface area contributed by atoms with Gasteiger partial charge in [-0.25, -0.2) is 0 Å². The SMILES string of the molecule is Cc1cc2c(cc1N1C(C)C34CCC1(CC3)CC4)c1ccccc1n2-c1ccccc1. The van der Waals surface area contributed by atoms with E-state index in [9.17, 15) is 0 Å². The van der Waals surface area contributed by atoms with Crippen LogP contribution in [0.2, 0.25) is 0 Å². The third kappa shape index (κ3) is 2.18. The molecule has 156 valence electrons. The number of nitrogens with zero attached hydrogens (tertiary/aromatic N) is 2. The van der Waals surface area contributed by atoms with Crippen LogP contribution in [0.15, 0.2) is 66.7 Å². The lowest BCUT2D eigenvalue weighted by Gasteiger charge is -2.70. The molecular formula is C29H30N2. The van der Waals surface area contributed by atoms with Gasteiger partial charge in [-0.15, -0.1) is 0 Å². The van der Waals surface area contributed by atoms with E-state index in [0.717, 1.165) is 0 Å². The van der Waals surface area contributed by atoms with Crippen molar-refractivity contribution in [2.75, 3.05) is 4.90 Å². The summed E-state index contributed by atoms with van der Waals surface area (Å²) in [5, 5.41) is 2.75. The second-order valence-electron chi connectivity index (χ2n) is 10.5. The zero-order valence-corrected chi connectivity index (χ0v) is 18.6. The predicted octanol–water partition coefficient (Wildman–Crippen LogP) is 7.39. The third-order valence-electron chi connectivity index (χ3n) is 9.31. The van der Waals surface area contributed by atoms with Crippen molar-refractivity contribution in [2.24, 2.45) is 5.41 Å². The van der Waals surface area contributed by atoms with E-state index in [-0.39, 0.29) is 0 Å². The fourth-order valence-electron chi connectivity index (χ4n) is 7.55. The van der Waals surface area contributed by atoms with Gasteiger partial charge < -0.3 is 9.47 Å². The Labute approximate surface area is 184 Å². The van der Waals surface area contributed by atoms with E-state index in [1.165, 1.54) is 77.3 Å². The molecule has 4 aromatic rings. The molecular weight excluding hydrogens is 376 g/mol. The Balaban J connectivity index is 1.50. The first-order chi connectivity index (χ1) is 15.1. The number of benzene rings is 3. The number of hydrogen-bond donors (Lipinski definition) is 0. The average molecular weight is 407 g/mol. The van der Waals surface area contributed by atoms with Crippen LogP contribution in [0.4, 0.5) is 5.69 Å². The summed E-state index contributed by atoms with van der Waals surface area (Å²) in [7, 11) is 0. The first-order valence-corrected chi connectivity index (χ1v) is 12.0. The molecule has 0 amide bonds. The van der Waals surface area contributed by atoms with E-state index in [1.807, 2.05) is 0 Å². The van der Waals surface area contributed by atoms with Crippen molar-refractivity contribution >= 4 is 27.5 Å². The molecule has 1 unspecified atom stereocenters. The summed E-state index contributed by atoms with van der Waals surface area (Å²) in [6.07, 6.45) is 8.50. The van der Waals surface area contributed by atoms with Crippen LogP contribution in [0.5, 0.6) is 0 Å². The summed E-state index contributed by atoms with van der Waals surface area (Å²) in [6, 6.07) is 25.4. The van der Waals surface area contributed by atoms with Gasteiger partial charge in [-0.3, -0.25) is 0 Å². The molecule has 1 atom stereocenters. The quantitative estimate of drug-likeness (QED) is 0.337. The molecule has 4 heterocycles. The van der Waals surface area contributed by atoms with E-state index in [2.05, 4.69) is 90.0 Å². The molecule has 6 aliphatic rings. The molecule has 10 rings (SSSR count). The van der Waals surface area contributed by atoms with Gasteiger partial charge in [0, 0.05) is 33.7 Å². The molecule has 3 saturated heterocycles. The Morgan fingerprint density at radius 2 is 1.42 bits per heavy atom. The number of hydrogen-bond acceptors (Lipinski definition) is 1. The molecule has 0 spiro atoms. The van der Waals surface area contributed by atoms with Crippen LogP contribution in [-0.4, -0.2) is 16.1 Å². The van der Waals surface area contributed by atoms with E-state index in [4.69, 9.17) is 0 Å². The van der Waals surface area contributed by atoms with Crippen molar-refractivity contribution < 1.29 is 0 Å². The maximum absolute atomic E-state index is 2.88. The monoisotopic (exact) mass is 406 g/mol. The Bertz CT molecular complexity index is 1300. The molecule has 3 saturated carbocycles. The Hall–Kier alpha value is -2.74. The molecule has 3 aromatic carbocycles. The highest BCUT2D eigenvalue weighted by molar-refractivity contribution is 6.10. The molecule has 6 fully saturated rings. The van der Waals surface area contributed by atoms with Crippen LogP contribution >= 0.6 is 0 Å². The summed E-state index contributed by atoms with van der Waals surface area (Å²) < 4.78 is 2.44. The highest BCUT2D eigenvalue weighted by Gasteiger charge is 2.61. The zero-order valence-electron chi connectivity index (χ0n) is 18.6. The van der Waals surface area contributed by atoms with Crippen LogP contribution in [0.1, 0.15) is 51.0 Å². The normalized spacial score (nSPS) is 29.4.